The number of carboxylic acid groups (broad SMARTS) is 1. The Kier molecular flexibility index (Phi) is 34.1. The first-order valence-electron chi connectivity index (χ1n) is 14.9. The topological polar surface area (TPSA) is 182 Å². The lowest BCUT2D eigenvalue weighted by Gasteiger charge is -2.10. The highest BCUT2D eigenvalue weighted by molar-refractivity contribution is 5.68. The van der Waals surface area contributed by atoms with E-state index in [0.717, 1.165) is 137 Å². The maximum absolute atomic E-state index is 10.4. The van der Waals surface area contributed by atoms with Crippen LogP contribution >= 0.6 is 0 Å². The van der Waals surface area contributed by atoms with E-state index >= 15 is 0 Å². The fraction of sp³-hybridized carbons (Fsp3) is 0.960. The van der Waals surface area contributed by atoms with Crippen LogP contribution in [-0.4, -0.2) is 169 Å². The molecular weight excluding hydrogens is 500 g/mol. The van der Waals surface area contributed by atoms with Gasteiger partial charge in [0.2, 0.25) is 0 Å². The Bertz CT molecular complexity index is 480. The van der Waals surface area contributed by atoms with Crippen LogP contribution in [0.4, 0.5) is 0 Å². The van der Waals surface area contributed by atoms with Crippen LogP contribution in [0.3, 0.4) is 0 Å². The molecule has 0 saturated heterocycles. The molecule has 0 aliphatic rings. The Hall–Kier alpha value is -1.01. The van der Waals surface area contributed by atoms with Crippen molar-refractivity contribution in [1.82, 2.24) is 63.8 Å². The second kappa shape index (κ2) is 35.0. The lowest BCUT2D eigenvalue weighted by molar-refractivity contribution is -0.135. The summed E-state index contributed by atoms with van der Waals surface area (Å²) in [6.07, 6.45) is 0. The Labute approximate surface area is 237 Å². The Morgan fingerprint density at radius 1 is 0.359 bits per heavy atom. The normalized spacial score (nSPS) is 11.4. The van der Waals surface area contributed by atoms with Crippen molar-refractivity contribution in [2.45, 2.75) is 0 Å². The summed E-state index contributed by atoms with van der Waals surface area (Å²) in [5.74, 6) is -0.821. The zero-order chi connectivity index (χ0) is 28.3. The molecule has 0 rings (SSSR count). The van der Waals surface area contributed by atoms with Gasteiger partial charge in [-0.1, -0.05) is 0 Å². The molecule has 0 bridgehead atoms. The van der Waals surface area contributed by atoms with Crippen LogP contribution in [0.15, 0.2) is 0 Å². The second-order valence-electron chi connectivity index (χ2n) is 9.17. The first-order valence-corrected chi connectivity index (χ1v) is 14.9. The largest absolute Gasteiger partial charge is 0.480 e. The molecule has 0 unspecified atom stereocenters. The number of hydrogen-bond donors (Lipinski definition) is 13. The molecule has 14 nitrogen and oxygen atoms in total. The van der Waals surface area contributed by atoms with Crippen LogP contribution in [0, 0.1) is 0 Å². The first-order chi connectivity index (χ1) is 19.3. The molecule has 0 aromatic carbocycles. The highest BCUT2D eigenvalue weighted by Gasteiger charge is 1.95. The molecule has 0 radical (unpaired) electrons. The smallest absolute Gasteiger partial charge is 0.317 e. The lowest BCUT2D eigenvalue weighted by atomic mass is 10.5. The van der Waals surface area contributed by atoms with Gasteiger partial charge >= 0.3 is 5.97 Å². The highest BCUT2D eigenvalue weighted by Crippen LogP contribution is 1.67. The van der Waals surface area contributed by atoms with E-state index < -0.39 is 5.97 Å². The Morgan fingerprint density at radius 3 is 0.718 bits per heavy atom. The van der Waals surface area contributed by atoms with E-state index in [0.29, 0.717) is 6.54 Å². The quantitative estimate of drug-likeness (QED) is 0.0329. The third-order valence-corrected chi connectivity index (χ3v) is 5.61. The lowest BCUT2D eigenvalue weighted by Crippen LogP contribution is -2.39. The monoisotopic (exact) mass is 563 g/mol. The molecule has 0 aliphatic carbocycles. The molecule has 39 heavy (non-hydrogen) atoms. The minimum Gasteiger partial charge on any atom is -0.480 e. The second-order valence-corrected chi connectivity index (χ2v) is 9.17. The molecule has 234 valence electrons. The van der Waals surface area contributed by atoms with E-state index in [1.54, 1.807) is 0 Å². The summed E-state index contributed by atoms with van der Waals surface area (Å²) in [6, 6.07) is 0. The molecule has 0 amide bonds. The van der Waals surface area contributed by atoms with Gasteiger partial charge in [0.15, 0.2) is 0 Å². The van der Waals surface area contributed by atoms with Gasteiger partial charge in [0.1, 0.15) is 0 Å². The van der Waals surface area contributed by atoms with E-state index in [-0.39, 0.29) is 6.54 Å². The van der Waals surface area contributed by atoms with Crippen LogP contribution in [-0.2, 0) is 4.79 Å². The van der Waals surface area contributed by atoms with E-state index in [4.69, 9.17) is 5.11 Å². The summed E-state index contributed by atoms with van der Waals surface area (Å²) >= 11 is 0. The molecule has 0 aromatic heterocycles. The first kappa shape index (κ1) is 38.0. The third-order valence-electron chi connectivity index (χ3n) is 5.61. The average molecular weight is 563 g/mol. The third kappa shape index (κ3) is 37.0. The maximum atomic E-state index is 10.4. The maximum Gasteiger partial charge on any atom is 0.317 e. The van der Waals surface area contributed by atoms with E-state index in [2.05, 4.69) is 63.8 Å². The Balaban J connectivity index is 3.02. The number of carboxylic acids is 1. The van der Waals surface area contributed by atoms with Gasteiger partial charge in [-0.2, -0.15) is 0 Å². The van der Waals surface area contributed by atoms with Crippen molar-refractivity contribution in [2.75, 3.05) is 158 Å². The summed E-state index contributed by atoms with van der Waals surface area (Å²) in [6.45, 7) is 21.0. The van der Waals surface area contributed by atoms with Crippen molar-refractivity contribution in [1.29, 1.82) is 0 Å². The Morgan fingerprint density at radius 2 is 0.538 bits per heavy atom. The summed E-state index contributed by atoms with van der Waals surface area (Å²) in [4.78, 5) is 10.4. The fourth-order valence-corrected chi connectivity index (χ4v) is 3.43. The number of nitrogens with one attached hydrogen (secondary N) is 12. The minimum absolute atomic E-state index is 0.0155. The van der Waals surface area contributed by atoms with Gasteiger partial charge in [-0.3, -0.25) is 4.79 Å². The highest BCUT2D eigenvalue weighted by atomic mass is 16.4. The van der Waals surface area contributed by atoms with E-state index in [1.807, 2.05) is 7.05 Å². The molecule has 0 aliphatic heterocycles. The summed E-state index contributed by atoms with van der Waals surface area (Å²) in [5.41, 5.74) is 0. The van der Waals surface area contributed by atoms with Crippen molar-refractivity contribution in [3.63, 3.8) is 0 Å². The fourth-order valence-electron chi connectivity index (χ4n) is 3.43. The van der Waals surface area contributed by atoms with Gasteiger partial charge in [-0.15, -0.1) is 0 Å². The molecule has 0 atom stereocenters. The molecule has 0 spiro atoms. The van der Waals surface area contributed by atoms with Crippen molar-refractivity contribution in [2.24, 2.45) is 0 Å². The SMILES string of the molecule is CNCCNCCNCCNCCNCCNCCNCCNCCNCCNCCNCCNCC(=O)O. The van der Waals surface area contributed by atoms with Gasteiger partial charge in [-0.05, 0) is 7.05 Å². The predicted molar refractivity (Wildman–Crippen MR) is 163 cm³/mol. The van der Waals surface area contributed by atoms with Crippen molar-refractivity contribution >= 4 is 5.97 Å². The van der Waals surface area contributed by atoms with Gasteiger partial charge in [0.05, 0.1) is 6.54 Å². The number of hydrogen-bond acceptors (Lipinski definition) is 13. The minimum atomic E-state index is -0.821. The molecule has 0 heterocycles. The van der Waals surface area contributed by atoms with Gasteiger partial charge in [-0.25, -0.2) is 0 Å². The zero-order valence-corrected chi connectivity index (χ0v) is 24.6. The molecule has 13 N–H and O–H groups in total. The van der Waals surface area contributed by atoms with Crippen LogP contribution in [0.25, 0.3) is 0 Å². The van der Waals surface area contributed by atoms with Crippen molar-refractivity contribution < 1.29 is 9.90 Å². The summed E-state index contributed by atoms with van der Waals surface area (Å²) in [5, 5.41) is 48.6. The van der Waals surface area contributed by atoms with Crippen LogP contribution in [0.1, 0.15) is 0 Å². The van der Waals surface area contributed by atoms with E-state index in [1.165, 1.54) is 0 Å². The number of rotatable bonds is 35. The van der Waals surface area contributed by atoms with Crippen LogP contribution in [0.2, 0.25) is 0 Å². The van der Waals surface area contributed by atoms with Gasteiger partial charge in [0.25, 0.3) is 0 Å². The predicted octanol–water partition coefficient (Wildman–Crippen LogP) is -5.22. The van der Waals surface area contributed by atoms with E-state index in [9.17, 15) is 4.79 Å². The average Bonchev–Trinajstić information content (AvgIpc) is 2.93. The number of likely N-dealkylation sites (N-methyl/N-ethyl adjacent to an activating group) is 1. The standard InChI is InChI=1S/C25H62N12O2/c1-26-2-3-27-4-5-28-6-7-29-8-9-30-10-11-31-12-13-32-14-15-33-16-17-34-18-19-35-20-21-36-22-23-37-24-25(38)39/h26-37H,2-24H2,1H3,(H,38,39). The van der Waals surface area contributed by atoms with Crippen LogP contribution < -0.4 is 63.8 Å². The summed E-state index contributed by atoms with van der Waals surface area (Å²) < 4.78 is 0. The molecule has 14 heteroatoms. The molecular formula is C25H62N12O2. The zero-order valence-electron chi connectivity index (χ0n) is 24.6. The van der Waals surface area contributed by atoms with Gasteiger partial charge < -0.3 is 68.9 Å². The van der Waals surface area contributed by atoms with Gasteiger partial charge in [0, 0.05) is 144 Å². The molecule has 0 saturated carbocycles. The van der Waals surface area contributed by atoms with Crippen LogP contribution in [0.5, 0.6) is 0 Å². The van der Waals surface area contributed by atoms with Crippen molar-refractivity contribution in [3.05, 3.63) is 0 Å². The number of carbonyl (C=O) groups is 1. The van der Waals surface area contributed by atoms with Crippen molar-refractivity contribution in [3.8, 4) is 0 Å². The number of aliphatic carboxylic acids is 1. The molecule has 0 fully saturated rings. The molecule has 0 aromatic rings. The summed E-state index contributed by atoms with van der Waals surface area (Å²) in [7, 11) is 1.97.